The smallest absolute Gasteiger partial charge is 0.276 e. The Morgan fingerprint density at radius 3 is 2.54 bits per heavy atom. The lowest BCUT2D eigenvalue weighted by Gasteiger charge is -2.33. The minimum absolute atomic E-state index is 0.0426. The summed E-state index contributed by atoms with van der Waals surface area (Å²) < 4.78 is 59.3. The normalized spacial score (nSPS) is 17.8. The summed E-state index contributed by atoms with van der Waals surface area (Å²) in [7, 11) is 0. The summed E-state index contributed by atoms with van der Waals surface area (Å²) in [5, 5.41) is 27.0. The van der Waals surface area contributed by atoms with Gasteiger partial charge < -0.3 is 15.7 Å². The molecule has 1 aliphatic rings. The molecule has 2 amide bonds. The number of fused-ring (bicyclic) bond motifs is 1. The third kappa shape index (κ3) is 6.52. The van der Waals surface area contributed by atoms with Gasteiger partial charge in [-0.05, 0) is 36.9 Å². The molecule has 15 heteroatoms. The summed E-state index contributed by atoms with van der Waals surface area (Å²) in [6, 6.07) is 0.663. The third-order valence-corrected chi connectivity index (χ3v) is 6.93. The van der Waals surface area contributed by atoms with Crippen molar-refractivity contribution >= 4 is 17.5 Å². The number of aryl methyl sites for hydroxylation is 1. The SMILES string of the molecule is Cc1nonc1C(=O)N[C@H](c1cn2ncc([C@@H](O)NC(=O)C(C)(C)CC(F)F)cc2n1)C1CCC(F)(F)CC1. The van der Waals surface area contributed by atoms with E-state index < -0.39 is 48.3 Å². The first kappa shape index (κ1) is 28.4. The van der Waals surface area contributed by atoms with Gasteiger partial charge in [0.1, 0.15) is 5.69 Å². The lowest BCUT2D eigenvalue weighted by Crippen LogP contribution is -2.40. The number of alkyl halides is 4. The Balaban J connectivity index is 1.58. The highest BCUT2D eigenvalue weighted by molar-refractivity contribution is 5.93. The van der Waals surface area contributed by atoms with Crippen LogP contribution < -0.4 is 10.6 Å². The Morgan fingerprint density at radius 2 is 1.92 bits per heavy atom. The van der Waals surface area contributed by atoms with Crippen LogP contribution in [0.2, 0.25) is 0 Å². The zero-order valence-electron chi connectivity index (χ0n) is 21.5. The van der Waals surface area contributed by atoms with Crippen molar-refractivity contribution in [3.05, 3.63) is 41.1 Å². The molecular formula is C24H29F4N7O4. The van der Waals surface area contributed by atoms with Crippen LogP contribution in [-0.2, 0) is 4.79 Å². The maximum atomic E-state index is 13.9. The molecule has 3 heterocycles. The van der Waals surface area contributed by atoms with Gasteiger partial charge in [0.25, 0.3) is 5.91 Å². The number of rotatable bonds is 9. The molecule has 0 unspecified atom stereocenters. The molecule has 0 aliphatic heterocycles. The number of aromatic nitrogens is 5. The van der Waals surface area contributed by atoms with Crippen molar-refractivity contribution in [2.75, 3.05) is 0 Å². The van der Waals surface area contributed by atoms with Crippen molar-refractivity contribution in [3.8, 4) is 0 Å². The molecule has 11 nitrogen and oxygen atoms in total. The van der Waals surface area contributed by atoms with Crippen LogP contribution in [0.4, 0.5) is 17.6 Å². The fraction of sp³-hybridized carbons (Fsp3) is 0.583. The predicted molar refractivity (Wildman–Crippen MR) is 127 cm³/mol. The molecule has 1 saturated carbocycles. The monoisotopic (exact) mass is 555 g/mol. The van der Waals surface area contributed by atoms with E-state index in [0.717, 1.165) is 0 Å². The van der Waals surface area contributed by atoms with Gasteiger partial charge in [-0.15, -0.1) is 0 Å². The van der Waals surface area contributed by atoms with Gasteiger partial charge in [0.2, 0.25) is 18.3 Å². The highest BCUT2D eigenvalue weighted by Crippen LogP contribution is 2.41. The van der Waals surface area contributed by atoms with E-state index in [-0.39, 0.29) is 54.2 Å². The van der Waals surface area contributed by atoms with E-state index >= 15 is 0 Å². The molecule has 1 aliphatic carbocycles. The van der Waals surface area contributed by atoms with Crippen LogP contribution in [-0.4, -0.2) is 54.2 Å². The van der Waals surface area contributed by atoms with E-state index in [9.17, 15) is 32.3 Å². The van der Waals surface area contributed by atoms with Crippen LogP contribution in [0, 0.1) is 18.3 Å². The number of aliphatic hydroxyl groups is 1. The Labute approximate surface area is 220 Å². The van der Waals surface area contributed by atoms with Crippen LogP contribution >= 0.6 is 0 Å². The van der Waals surface area contributed by atoms with Crippen LogP contribution in [0.1, 0.15) is 85.7 Å². The molecule has 0 radical (unpaired) electrons. The van der Waals surface area contributed by atoms with E-state index in [4.69, 9.17) is 0 Å². The predicted octanol–water partition coefficient (Wildman–Crippen LogP) is 3.51. The topological polar surface area (TPSA) is 148 Å². The summed E-state index contributed by atoms with van der Waals surface area (Å²) in [4.78, 5) is 29.8. The first-order valence-corrected chi connectivity index (χ1v) is 12.4. The maximum Gasteiger partial charge on any atom is 0.276 e. The van der Waals surface area contributed by atoms with Crippen molar-refractivity contribution in [1.29, 1.82) is 0 Å². The Kier molecular flexibility index (Phi) is 7.91. The summed E-state index contributed by atoms with van der Waals surface area (Å²) in [5.41, 5.74) is -0.485. The molecule has 1 fully saturated rings. The molecule has 0 aromatic carbocycles. The minimum atomic E-state index is -2.78. The quantitative estimate of drug-likeness (QED) is 0.269. The average molecular weight is 556 g/mol. The van der Waals surface area contributed by atoms with Crippen molar-refractivity contribution in [2.45, 2.75) is 77.5 Å². The Morgan fingerprint density at radius 1 is 1.23 bits per heavy atom. The number of hydrogen-bond donors (Lipinski definition) is 3. The number of amides is 2. The average Bonchev–Trinajstić information content (AvgIpc) is 3.47. The molecular weight excluding hydrogens is 526 g/mol. The van der Waals surface area contributed by atoms with Gasteiger partial charge >= 0.3 is 0 Å². The Bertz CT molecular complexity index is 1330. The molecule has 4 rings (SSSR count). The van der Waals surface area contributed by atoms with E-state index in [1.165, 1.54) is 43.7 Å². The molecule has 212 valence electrons. The fourth-order valence-electron chi connectivity index (χ4n) is 4.57. The zero-order chi connectivity index (χ0) is 28.5. The van der Waals surface area contributed by atoms with Crippen molar-refractivity contribution in [1.82, 2.24) is 35.5 Å². The summed E-state index contributed by atoms with van der Waals surface area (Å²) in [6.07, 6.45) is -2.53. The standard InChI is InChI=1S/C24H29F4N7O4/c1-12-18(34-39-33-12)21(37)31-19(13-4-6-24(27,28)7-5-13)15-11-35-17(30-15)8-14(10-29-35)20(36)32-22(38)23(2,3)9-16(25)26/h8,10-11,13,16,19-20,36H,4-7,9H2,1-3H3,(H,31,37)(H,32,38)/t19-,20+/m0/s1. The van der Waals surface area contributed by atoms with Crippen molar-refractivity contribution in [2.24, 2.45) is 11.3 Å². The van der Waals surface area contributed by atoms with E-state index in [1.54, 1.807) is 0 Å². The highest BCUT2D eigenvalue weighted by Gasteiger charge is 2.40. The molecule has 0 saturated heterocycles. The van der Waals surface area contributed by atoms with Gasteiger partial charge in [0.15, 0.2) is 17.6 Å². The maximum absolute atomic E-state index is 13.9. The number of nitrogens with zero attached hydrogens (tertiary/aromatic N) is 5. The molecule has 3 aromatic rings. The van der Waals surface area contributed by atoms with Gasteiger partial charge in [-0.25, -0.2) is 31.7 Å². The first-order chi connectivity index (χ1) is 18.3. The number of carbonyl (C=O) groups is 2. The van der Waals surface area contributed by atoms with Gasteiger partial charge in [0.05, 0.1) is 24.1 Å². The first-order valence-electron chi connectivity index (χ1n) is 12.4. The lowest BCUT2D eigenvalue weighted by atomic mass is 9.81. The molecule has 3 N–H and O–H groups in total. The largest absolute Gasteiger partial charge is 0.369 e. The number of hydrogen-bond acceptors (Lipinski definition) is 8. The number of nitrogens with one attached hydrogen (secondary N) is 2. The number of imidazole rings is 1. The number of halogens is 4. The van der Waals surface area contributed by atoms with E-state index in [0.29, 0.717) is 5.69 Å². The minimum Gasteiger partial charge on any atom is -0.369 e. The van der Waals surface area contributed by atoms with E-state index in [1.807, 2.05) is 0 Å². The number of carbonyl (C=O) groups excluding carboxylic acids is 2. The van der Waals surface area contributed by atoms with Crippen LogP contribution in [0.5, 0.6) is 0 Å². The molecule has 0 spiro atoms. The fourth-order valence-corrected chi connectivity index (χ4v) is 4.57. The summed E-state index contributed by atoms with van der Waals surface area (Å²) >= 11 is 0. The van der Waals surface area contributed by atoms with E-state index in [2.05, 4.69) is 35.7 Å². The van der Waals surface area contributed by atoms with Crippen LogP contribution in [0.25, 0.3) is 5.65 Å². The lowest BCUT2D eigenvalue weighted by molar-refractivity contribution is -0.134. The van der Waals surface area contributed by atoms with Gasteiger partial charge in [-0.2, -0.15) is 5.10 Å². The zero-order valence-corrected chi connectivity index (χ0v) is 21.5. The highest BCUT2D eigenvalue weighted by atomic mass is 19.3. The van der Waals surface area contributed by atoms with Crippen LogP contribution in [0.15, 0.2) is 23.1 Å². The molecule has 39 heavy (non-hydrogen) atoms. The summed E-state index contributed by atoms with van der Waals surface area (Å²) in [6.45, 7) is 4.22. The van der Waals surface area contributed by atoms with Crippen molar-refractivity contribution in [3.63, 3.8) is 0 Å². The van der Waals surface area contributed by atoms with Gasteiger partial charge in [0, 0.05) is 30.2 Å². The second kappa shape index (κ2) is 10.9. The second-order valence-electron chi connectivity index (χ2n) is 10.5. The summed E-state index contributed by atoms with van der Waals surface area (Å²) in [5.74, 6) is -4.52. The molecule has 2 atom stereocenters. The molecule has 0 bridgehead atoms. The number of aliphatic hydroxyl groups excluding tert-OH is 1. The van der Waals surface area contributed by atoms with Crippen molar-refractivity contribution < 1.29 is 36.9 Å². The second-order valence-corrected chi connectivity index (χ2v) is 10.5. The van der Waals surface area contributed by atoms with Gasteiger partial charge in [-0.3, -0.25) is 9.59 Å². The Hall–Kier alpha value is -3.62. The van der Waals surface area contributed by atoms with Gasteiger partial charge in [-0.1, -0.05) is 19.0 Å². The van der Waals surface area contributed by atoms with Crippen LogP contribution in [0.3, 0.4) is 0 Å². The molecule has 3 aromatic heterocycles. The third-order valence-electron chi connectivity index (χ3n) is 6.93.